The van der Waals surface area contributed by atoms with Crippen LogP contribution in [0.3, 0.4) is 0 Å². The molecular formula is C19H18N2O3S3. The van der Waals surface area contributed by atoms with Crippen LogP contribution in [0.1, 0.15) is 25.7 Å². The number of sulfonamides is 1. The molecule has 8 heteroatoms. The maximum absolute atomic E-state index is 13.1. The minimum atomic E-state index is -3.61. The summed E-state index contributed by atoms with van der Waals surface area (Å²) in [5, 5.41) is 6.67. The van der Waals surface area contributed by atoms with Crippen molar-refractivity contribution in [3.8, 4) is 0 Å². The average Bonchev–Trinajstić information content (AvgIpc) is 3.29. The molecule has 2 aromatic heterocycles. The van der Waals surface area contributed by atoms with Crippen molar-refractivity contribution in [2.24, 2.45) is 0 Å². The summed E-state index contributed by atoms with van der Waals surface area (Å²) in [5.74, 6) is -0.224. The molecule has 0 saturated heterocycles. The fourth-order valence-corrected chi connectivity index (χ4v) is 6.28. The molecule has 0 bridgehead atoms. The third kappa shape index (κ3) is 3.58. The SMILES string of the molecule is Cc1ccsc1C(=O)Nc1cccc(S(=O)(=O)N2CCc3sccc3C2)c1. The number of aryl methyl sites for hydroxylation is 1. The van der Waals surface area contributed by atoms with Gasteiger partial charge in [-0.2, -0.15) is 4.31 Å². The van der Waals surface area contributed by atoms with E-state index in [1.165, 1.54) is 26.6 Å². The molecular weight excluding hydrogens is 400 g/mol. The van der Waals surface area contributed by atoms with Crippen molar-refractivity contribution in [3.63, 3.8) is 0 Å². The lowest BCUT2D eigenvalue weighted by Gasteiger charge is -2.26. The van der Waals surface area contributed by atoms with Crippen LogP contribution in [-0.4, -0.2) is 25.2 Å². The van der Waals surface area contributed by atoms with E-state index in [0.29, 0.717) is 23.7 Å². The van der Waals surface area contributed by atoms with Crippen LogP contribution < -0.4 is 5.32 Å². The van der Waals surface area contributed by atoms with Gasteiger partial charge in [-0.1, -0.05) is 6.07 Å². The fourth-order valence-electron chi connectivity index (χ4n) is 3.10. The van der Waals surface area contributed by atoms with Crippen molar-refractivity contribution in [1.29, 1.82) is 0 Å². The summed E-state index contributed by atoms with van der Waals surface area (Å²) in [6.45, 7) is 2.74. The summed E-state index contributed by atoms with van der Waals surface area (Å²) in [5.41, 5.74) is 2.45. The molecule has 140 valence electrons. The van der Waals surface area contributed by atoms with E-state index in [1.54, 1.807) is 29.5 Å². The molecule has 1 aromatic carbocycles. The Labute approximate surface area is 166 Å². The first kappa shape index (κ1) is 18.4. The zero-order valence-electron chi connectivity index (χ0n) is 14.6. The molecule has 1 amide bonds. The number of carbonyl (C=O) groups is 1. The lowest BCUT2D eigenvalue weighted by Crippen LogP contribution is -2.35. The molecule has 3 heterocycles. The lowest BCUT2D eigenvalue weighted by molar-refractivity contribution is 0.103. The first-order valence-corrected chi connectivity index (χ1v) is 11.7. The van der Waals surface area contributed by atoms with E-state index >= 15 is 0 Å². The number of nitrogens with zero attached hydrogens (tertiary/aromatic N) is 1. The second-order valence-electron chi connectivity index (χ2n) is 6.37. The van der Waals surface area contributed by atoms with E-state index in [1.807, 2.05) is 29.8 Å². The van der Waals surface area contributed by atoms with E-state index in [-0.39, 0.29) is 10.8 Å². The molecule has 0 spiro atoms. The molecule has 0 unspecified atom stereocenters. The van der Waals surface area contributed by atoms with Gasteiger partial charge in [-0.05, 0) is 65.6 Å². The predicted molar refractivity (Wildman–Crippen MR) is 109 cm³/mol. The smallest absolute Gasteiger partial charge is 0.265 e. The zero-order valence-corrected chi connectivity index (χ0v) is 17.1. The van der Waals surface area contributed by atoms with Crippen molar-refractivity contribution in [2.45, 2.75) is 24.8 Å². The minimum Gasteiger partial charge on any atom is -0.321 e. The van der Waals surface area contributed by atoms with Gasteiger partial charge in [0, 0.05) is 23.7 Å². The Balaban J connectivity index is 1.57. The maximum Gasteiger partial charge on any atom is 0.265 e. The summed E-state index contributed by atoms with van der Waals surface area (Å²) < 4.78 is 27.6. The largest absolute Gasteiger partial charge is 0.321 e. The number of amides is 1. The maximum atomic E-state index is 13.1. The molecule has 0 fully saturated rings. The van der Waals surface area contributed by atoms with Crippen LogP contribution in [0.25, 0.3) is 0 Å². The van der Waals surface area contributed by atoms with Crippen LogP contribution in [0.4, 0.5) is 5.69 Å². The second-order valence-corrected chi connectivity index (χ2v) is 10.2. The number of hydrogen-bond donors (Lipinski definition) is 1. The Morgan fingerprint density at radius 2 is 1.96 bits per heavy atom. The number of benzene rings is 1. The third-order valence-corrected chi connectivity index (χ3v) is 8.45. The molecule has 0 saturated carbocycles. The van der Waals surface area contributed by atoms with Gasteiger partial charge >= 0.3 is 0 Å². The fraction of sp³-hybridized carbons (Fsp3) is 0.211. The number of carbonyl (C=O) groups excluding carboxylic acids is 1. The summed E-state index contributed by atoms with van der Waals surface area (Å²) in [6.07, 6.45) is 0.736. The number of fused-ring (bicyclic) bond motifs is 1. The van der Waals surface area contributed by atoms with Crippen LogP contribution in [0, 0.1) is 6.92 Å². The predicted octanol–water partition coefficient (Wildman–Crippen LogP) is 4.12. The van der Waals surface area contributed by atoms with Crippen LogP contribution in [0.5, 0.6) is 0 Å². The molecule has 0 radical (unpaired) electrons. The van der Waals surface area contributed by atoms with E-state index in [9.17, 15) is 13.2 Å². The molecule has 27 heavy (non-hydrogen) atoms. The summed E-state index contributed by atoms with van der Waals surface area (Å²) in [7, 11) is -3.61. The van der Waals surface area contributed by atoms with Crippen molar-refractivity contribution < 1.29 is 13.2 Å². The number of hydrogen-bond acceptors (Lipinski definition) is 5. The van der Waals surface area contributed by atoms with Gasteiger partial charge in [0.05, 0.1) is 9.77 Å². The van der Waals surface area contributed by atoms with Crippen molar-refractivity contribution in [2.75, 3.05) is 11.9 Å². The van der Waals surface area contributed by atoms with Gasteiger partial charge in [-0.15, -0.1) is 22.7 Å². The Hall–Kier alpha value is -2.00. The molecule has 1 aliphatic rings. The Morgan fingerprint density at radius 1 is 1.15 bits per heavy atom. The highest BCUT2D eigenvalue weighted by molar-refractivity contribution is 7.89. The summed E-state index contributed by atoms with van der Waals surface area (Å²) in [6, 6.07) is 10.3. The van der Waals surface area contributed by atoms with Gasteiger partial charge < -0.3 is 5.32 Å². The Bertz CT molecular complexity index is 1100. The highest BCUT2D eigenvalue weighted by Crippen LogP contribution is 2.29. The topological polar surface area (TPSA) is 66.5 Å². The molecule has 3 aromatic rings. The normalized spacial score (nSPS) is 14.7. The first-order valence-electron chi connectivity index (χ1n) is 8.46. The number of rotatable bonds is 4. The van der Waals surface area contributed by atoms with E-state index < -0.39 is 10.0 Å². The summed E-state index contributed by atoms with van der Waals surface area (Å²) in [4.78, 5) is 14.5. The number of nitrogens with one attached hydrogen (secondary N) is 1. The first-order chi connectivity index (χ1) is 12.9. The Morgan fingerprint density at radius 3 is 2.74 bits per heavy atom. The van der Waals surface area contributed by atoms with Crippen LogP contribution in [0.2, 0.25) is 0 Å². The van der Waals surface area contributed by atoms with Gasteiger partial charge in [0.25, 0.3) is 5.91 Å². The van der Waals surface area contributed by atoms with Gasteiger partial charge in [0.15, 0.2) is 0 Å². The summed E-state index contributed by atoms with van der Waals surface area (Å²) >= 11 is 3.04. The highest BCUT2D eigenvalue weighted by atomic mass is 32.2. The molecule has 1 aliphatic heterocycles. The molecule has 0 atom stereocenters. The number of thiophene rings is 2. The van der Waals surface area contributed by atoms with Gasteiger partial charge in [0.2, 0.25) is 10.0 Å². The monoisotopic (exact) mass is 418 g/mol. The number of anilines is 1. The van der Waals surface area contributed by atoms with Gasteiger partial charge in [-0.25, -0.2) is 8.42 Å². The van der Waals surface area contributed by atoms with Gasteiger partial charge in [0.1, 0.15) is 0 Å². The third-order valence-electron chi connectivity index (χ3n) is 4.57. The van der Waals surface area contributed by atoms with E-state index in [4.69, 9.17) is 0 Å². The second kappa shape index (κ2) is 7.20. The van der Waals surface area contributed by atoms with Crippen LogP contribution >= 0.6 is 22.7 Å². The van der Waals surface area contributed by atoms with Crippen molar-refractivity contribution in [3.05, 3.63) is 68.0 Å². The van der Waals surface area contributed by atoms with Gasteiger partial charge in [-0.3, -0.25) is 4.79 Å². The minimum absolute atomic E-state index is 0.196. The average molecular weight is 419 g/mol. The van der Waals surface area contributed by atoms with E-state index in [0.717, 1.165) is 17.5 Å². The van der Waals surface area contributed by atoms with Crippen molar-refractivity contribution >= 4 is 44.3 Å². The van der Waals surface area contributed by atoms with Crippen LogP contribution in [-0.2, 0) is 23.0 Å². The molecule has 0 aliphatic carbocycles. The van der Waals surface area contributed by atoms with Crippen molar-refractivity contribution in [1.82, 2.24) is 4.31 Å². The molecule has 1 N–H and O–H groups in total. The molecule has 5 nitrogen and oxygen atoms in total. The Kier molecular flexibility index (Phi) is 4.90. The standard InChI is InChI=1S/C19H18N2O3S3/c1-13-6-9-26-18(13)19(22)20-15-3-2-4-16(11-15)27(23,24)21-8-5-17-14(12-21)7-10-25-17/h2-4,6-7,9-11H,5,8,12H2,1H3,(H,20,22). The highest BCUT2D eigenvalue weighted by Gasteiger charge is 2.29. The quantitative estimate of drug-likeness (QED) is 0.693. The lowest BCUT2D eigenvalue weighted by atomic mass is 10.1. The zero-order chi connectivity index (χ0) is 19.0. The molecule has 4 rings (SSSR count). The van der Waals surface area contributed by atoms with E-state index in [2.05, 4.69) is 5.32 Å². The van der Waals surface area contributed by atoms with Crippen LogP contribution in [0.15, 0.2) is 52.1 Å².